The number of amides is 1. The van der Waals surface area contributed by atoms with Gasteiger partial charge in [-0.3, -0.25) is 9.69 Å². The molecule has 1 unspecified atom stereocenters. The first kappa shape index (κ1) is 23.1. The largest absolute Gasteiger partial charge is 0.343 e. The molecular formula is C25H32Cl2N2O. The molecule has 0 bridgehead atoms. The number of benzene rings is 2. The average Bonchev–Trinajstić information content (AvgIpc) is 3.25. The summed E-state index contributed by atoms with van der Waals surface area (Å²) >= 11 is 12.2. The predicted molar refractivity (Wildman–Crippen MR) is 126 cm³/mol. The standard InChI is InChI=1S/C25H32Cl2N2O/c1-18(2)16-23(29-14-4-5-15-29)17-28(3)25(30)24(19-6-10-21(26)11-7-19)20-8-12-22(27)13-9-20/h6-13,18,23-24H,4-5,14-17H2,1-3H3. The predicted octanol–water partition coefficient (Wildman–Crippen LogP) is 6.09. The molecule has 0 aliphatic carbocycles. The fourth-order valence-corrected chi connectivity index (χ4v) is 4.66. The van der Waals surface area contributed by atoms with Crippen molar-refractivity contribution in [1.82, 2.24) is 9.80 Å². The summed E-state index contributed by atoms with van der Waals surface area (Å²) in [5.41, 5.74) is 1.89. The Morgan fingerprint density at radius 1 is 0.933 bits per heavy atom. The molecule has 0 N–H and O–H groups in total. The molecule has 2 aromatic carbocycles. The highest BCUT2D eigenvalue weighted by Crippen LogP contribution is 2.29. The molecule has 0 aromatic heterocycles. The second-order valence-corrected chi connectivity index (χ2v) is 9.65. The zero-order valence-corrected chi connectivity index (χ0v) is 19.7. The van der Waals surface area contributed by atoms with Crippen molar-refractivity contribution in [2.45, 2.75) is 45.1 Å². The number of hydrogen-bond acceptors (Lipinski definition) is 2. The molecule has 1 saturated heterocycles. The smallest absolute Gasteiger partial charge is 0.234 e. The Balaban J connectivity index is 1.85. The molecule has 1 atom stereocenters. The van der Waals surface area contributed by atoms with Gasteiger partial charge in [0.25, 0.3) is 0 Å². The number of likely N-dealkylation sites (tertiary alicyclic amines) is 1. The quantitative estimate of drug-likeness (QED) is 0.489. The summed E-state index contributed by atoms with van der Waals surface area (Å²) in [4.78, 5) is 18.2. The molecule has 0 spiro atoms. The van der Waals surface area contributed by atoms with Crippen LogP contribution in [-0.4, -0.2) is 48.4 Å². The maximum Gasteiger partial charge on any atom is 0.234 e. The van der Waals surface area contributed by atoms with Gasteiger partial charge in [0.1, 0.15) is 0 Å². The summed E-state index contributed by atoms with van der Waals surface area (Å²) < 4.78 is 0. The van der Waals surface area contributed by atoms with E-state index in [0.717, 1.165) is 37.2 Å². The fraction of sp³-hybridized carbons (Fsp3) is 0.480. The van der Waals surface area contributed by atoms with Crippen molar-refractivity contribution in [3.8, 4) is 0 Å². The Bertz CT molecular complexity index is 769. The van der Waals surface area contributed by atoms with Gasteiger partial charge in [0.2, 0.25) is 5.91 Å². The number of carbonyl (C=O) groups is 1. The lowest BCUT2D eigenvalue weighted by molar-refractivity contribution is -0.131. The number of rotatable bonds is 8. The summed E-state index contributed by atoms with van der Waals surface area (Å²) in [7, 11) is 1.94. The van der Waals surface area contributed by atoms with E-state index in [-0.39, 0.29) is 11.8 Å². The molecule has 3 rings (SSSR count). The fourth-order valence-electron chi connectivity index (χ4n) is 4.40. The lowest BCUT2D eigenvalue weighted by atomic mass is 9.89. The van der Waals surface area contributed by atoms with Crippen LogP contribution in [0.15, 0.2) is 48.5 Å². The van der Waals surface area contributed by atoms with Crippen molar-refractivity contribution < 1.29 is 4.79 Å². The van der Waals surface area contributed by atoms with E-state index in [0.29, 0.717) is 22.0 Å². The molecule has 162 valence electrons. The highest BCUT2D eigenvalue weighted by molar-refractivity contribution is 6.30. The van der Waals surface area contributed by atoms with Gasteiger partial charge in [-0.25, -0.2) is 0 Å². The monoisotopic (exact) mass is 446 g/mol. The van der Waals surface area contributed by atoms with Crippen LogP contribution in [0.5, 0.6) is 0 Å². The molecule has 0 saturated carbocycles. The third-order valence-electron chi connectivity index (χ3n) is 5.91. The summed E-state index contributed by atoms with van der Waals surface area (Å²) in [5, 5.41) is 1.33. The Morgan fingerprint density at radius 2 is 1.40 bits per heavy atom. The van der Waals surface area contributed by atoms with Crippen LogP contribution in [0, 0.1) is 5.92 Å². The van der Waals surface area contributed by atoms with Gasteiger partial charge in [0.05, 0.1) is 5.92 Å². The van der Waals surface area contributed by atoms with Crippen molar-refractivity contribution >= 4 is 29.1 Å². The first-order valence-corrected chi connectivity index (χ1v) is 11.6. The number of halogens is 2. The summed E-state index contributed by atoms with van der Waals surface area (Å²) in [6.45, 7) is 7.54. The molecule has 2 aromatic rings. The number of nitrogens with zero attached hydrogens (tertiary/aromatic N) is 2. The van der Waals surface area contributed by atoms with Crippen molar-refractivity contribution in [3.63, 3.8) is 0 Å². The second kappa shape index (κ2) is 10.7. The van der Waals surface area contributed by atoms with Gasteiger partial charge in [-0.1, -0.05) is 61.3 Å². The van der Waals surface area contributed by atoms with Crippen LogP contribution < -0.4 is 0 Å². The van der Waals surface area contributed by atoms with Crippen molar-refractivity contribution in [2.24, 2.45) is 5.92 Å². The van der Waals surface area contributed by atoms with Crippen LogP contribution in [0.1, 0.15) is 50.2 Å². The molecule has 1 fully saturated rings. The minimum Gasteiger partial charge on any atom is -0.343 e. The van der Waals surface area contributed by atoms with E-state index < -0.39 is 0 Å². The molecule has 3 nitrogen and oxygen atoms in total. The molecule has 1 aliphatic heterocycles. The number of carbonyl (C=O) groups excluding carboxylic acids is 1. The molecule has 0 radical (unpaired) electrons. The minimum atomic E-state index is -0.372. The van der Waals surface area contributed by atoms with Gasteiger partial charge in [0, 0.05) is 29.7 Å². The highest BCUT2D eigenvalue weighted by atomic mass is 35.5. The Hall–Kier alpha value is -1.55. The van der Waals surface area contributed by atoms with Crippen molar-refractivity contribution in [3.05, 3.63) is 69.7 Å². The number of likely N-dealkylation sites (N-methyl/N-ethyl adjacent to an activating group) is 1. The Labute approximate surface area is 191 Å². The van der Waals surface area contributed by atoms with Crippen LogP contribution in [0.3, 0.4) is 0 Å². The van der Waals surface area contributed by atoms with E-state index in [1.54, 1.807) is 0 Å². The van der Waals surface area contributed by atoms with Gasteiger partial charge in [0.15, 0.2) is 0 Å². The maximum atomic E-state index is 13.7. The third kappa shape index (κ3) is 6.00. The van der Waals surface area contributed by atoms with Crippen LogP contribution in [0.4, 0.5) is 0 Å². The molecule has 1 amide bonds. The molecular weight excluding hydrogens is 415 g/mol. The summed E-state index contributed by atoms with van der Waals surface area (Å²) in [6.07, 6.45) is 3.61. The first-order valence-electron chi connectivity index (χ1n) is 10.8. The molecule has 30 heavy (non-hydrogen) atoms. The van der Waals surface area contributed by atoms with Crippen molar-refractivity contribution in [2.75, 3.05) is 26.7 Å². The van der Waals surface area contributed by atoms with E-state index in [9.17, 15) is 4.79 Å². The molecule has 1 heterocycles. The first-order chi connectivity index (χ1) is 14.3. The maximum absolute atomic E-state index is 13.7. The Kier molecular flexibility index (Phi) is 8.21. The molecule has 1 aliphatic rings. The molecule has 5 heteroatoms. The van der Waals surface area contributed by atoms with Gasteiger partial charge >= 0.3 is 0 Å². The van der Waals surface area contributed by atoms with Crippen LogP contribution in [0.2, 0.25) is 10.0 Å². The van der Waals surface area contributed by atoms with Crippen LogP contribution >= 0.6 is 23.2 Å². The van der Waals surface area contributed by atoms with Gasteiger partial charge < -0.3 is 4.90 Å². The number of hydrogen-bond donors (Lipinski definition) is 0. The SMILES string of the molecule is CC(C)CC(CN(C)C(=O)C(c1ccc(Cl)cc1)c1ccc(Cl)cc1)N1CCCC1. The van der Waals surface area contributed by atoms with E-state index in [1.165, 1.54) is 12.8 Å². The van der Waals surface area contributed by atoms with E-state index in [1.807, 2.05) is 60.5 Å². The lowest BCUT2D eigenvalue weighted by Gasteiger charge is -2.34. The zero-order chi connectivity index (χ0) is 21.7. The second-order valence-electron chi connectivity index (χ2n) is 8.78. The summed E-state index contributed by atoms with van der Waals surface area (Å²) in [6, 6.07) is 15.6. The van der Waals surface area contributed by atoms with Crippen molar-refractivity contribution in [1.29, 1.82) is 0 Å². The normalized spacial score (nSPS) is 15.7. The van der Waals surface area contributed by atoms with Crippen LogP contribution in [0.25, 0.3) is 0 Å². The van der Waals surface area contributed by atoms with E-state index in [2.05, 4.69) is 18.7 Å². The Morgan fingerprint density at radius 3 is 1.83 bits per heavy atom. The average molecular weight is 447 g/mol. The van der Waals surface area contributed by atoms with Gasteiger partial charge in [-0.05, 0) is 73.7 Å². The minimum absolute atomic E-state index is 0.104. The lowest BCUT2D eigenvalue weighted by Crippen LogP contribution is -2.45. The topological polar surface area (TPSA) is 23.6 Å². The zero-order valence-electron chi connectivity index (χ0n) is 18.2. The summed E-state index contributed by atoms with van der Waals surface area (Å²) in [5.74, 6) is 0.331. The van der Waals surface area contributed by atoms with E-state index in [4.69, 9.17) is 23.2 Å². The highest BCUT2D eigenvalue weighted by Gasteiger charge is 2.30. The van der Waals surface area contributed by atoms with Crippen LogP contribution in [-0.2, 0) is 4.79 Å². The van der Waals surface area contributed by atoms with Gasteiger partial charge in [-0.2, -0.15) is 0 Å². The van der Waals surface area contributed by atoms with E-state index >= 15 is 0 Å². The third-order valence-corrected chi connectivity index (χ3v) is 6.42. The van der Waals surface area contributed by atoms with Gasteiger partial charge in [-0.15, -0.1) is 0 Å².